The molecule has 5 heteroatoms. The van der Waals surface area contributed by atoms with Gasteiger partial charge in [-0.15, -0.1) is 0 Å². The largest absolute Gasteiger partial charge is 0.497 e. The minimum absolute atomic E-state index is 0.587. The maximum atomic E-state index is 5.79. The summed E-state index contributed by atoms with van der Waals surface area (Å²) in [4.78, 5) is 0. The smallest absolute Gasteiger partial charge is 0.132 e. The number of H-pyrrole nitrogens is 1. The zero-order chi connectivity index (χ0) is 11.5. The molecule has 0 unspecified atom stereocenters. The van der Waals surface area contributed by atoms with Crippen molar-refractivity contribution in [2.24, 2.45) is 0 Å². The third-order valence-electron chi connectivity index (χ3n) is 2.35. The van der Waals surface area contributed by atoms with Crippen molar-refractivity contribution in [2.45, 2.75) is 0 Å². The Hall–Kier alpha value is -2.17. The second-order valence-corrected chi connectivity index (χ2v) is 3.27. The van der Waals surface area contributed by atoms with Crippen LogP contribution in [0.25, 0.3) is 11.3 Å². The molecule has 5 nitrogen and oxygen atoms in total. The van der Waals surface area contributed by atoms with Gasteiger partial charge in [0.1, 0.15) is 11.5 Å². The van der Waals surface area contributed by atoms with Crippen LogP contribution in [0.4, 0.5) is 5.69 Å². The van der Waals surface area contributed by atoms with E-state index in [1.54, 1.807) is 26.5 Å². The summed E-state index contributed by atoms with van der Waals surface area (Å²) in [5.41, 5.74) is 7.98. The van der Waals surface area contributed by atoms with E-state index in [0.29, 0.717) is 11.4 Å². The van der Waals surface area contributed by atoms with Gasteiger partial charge in [-0.05, 0) is 12.1 Å². The Morgan fingerprint density at radius 1 is 1.25 bits per heavy atom. The standard InChI is InChI=1S/C11H13N3O2/c1-15-7-3-4-8(10(5-7)16-2)11-9(12)6-13-14-11/h3-6H,12H2,1-2H3,(H,13,14). The van der Waals surface area contributed by atoms with Crippen molar-refractivity contribution in [3.63, 3.8) is 0 Å². The third kappa shape index (κ3) is 1.67. The molecular formula is C11H13N3O2. The van der Waals surface area contributed by atoms with E-state index in [-0.39, 0.29) is 0 Å². The molecule has 0 atom stereocenters. The van der Waals surface area contributed by atoms with Crippen LogP contribution in [-0.4, -0.2) is 24.4 Å². The molecule has 0 saturated heterocycles. The molecule has 1 aromatic carbocycles. The molecule has 84 valence electrons. The van der Waals surface area contributed by atoms with Crippen molar-refractivity contribution >= 4 is 5.69 Å². The number of benzene rings is 1. The highest BCUT2D eigenvalue weighted by Crippen LogP contribution is 2.34. The summed E-state index contributed by atoms with van der Waals surface area (Å²) in [6.45, 7) is 0. The molecule has 0 fully saturated rings. The van der Waals surface area contributed by atoms with Crippen LogP contribution in [0.3, 0.4) is 0 Å². The predicted molar refractivity (Wildman–Crippen MR) is 61.5 cm³/mol. The second kappa shape index (κ2) is 4.14. The molecular weight excluding hydrogens is 206 g/mol. The van der Waals surface area contributed by atoms with E-state index in [0.717, 1.165) is 17.0 Å². The predicted octanol–water partition coefficient (Wildman–Crippen LogP) is 1.68. The average Bonchev–Trinajstić information content (AvgIpc) is 2.74. The molecule has 0 amide bonds. The lowest BCUT2D eigenvalue weighted by Crippen LogP contribution is -1.93. The number of nitrogen functional groups attached to an aromatic ring is 1. The summed E-state index contributed by atoms with van der Waals surface area (Å²) < 4.78 is 10.4. The van der Waals surface area contributed by atoms with Gasteiger partial charge in [0.25, 0.3) is 0 Å². The number of nitrogens with one attached hydrogen (secondary N) is 1. The van der Waals surface area contributed by atoms with Crippen molar-refractivity contribution in [3.8, 4) is 22.8 Å². The van der Waals surface area contributed by atoms with Gasteiger partial charge in [-0.2, -0.15) is 5.10 Å². The van der Waals surface area contributed by atoms with Crippen molar-refractivity contribution in [2.75, 3.05) is 20.0 Å². The molecule has 2 aromatic rings. The Balaban J connectivity index is 2.53. The molecule has 0 aliphatic heterocycles. The fourth-order valence-electron chi connectivity index (χ4n) is 1.52. The summed E-state index contributed by atoms with van der Waals surface area (Å²) in [5, 5.41) is 6.72. The van der Waals surface area contributed by atoms with E-state index < -0.39 is 0 Å². The number of nitrogens with two attached hydrogens (primary N) is 1. The van der Waals surface area contributed by atoms with Gasteiger partial charge < -0.3 is 15.2 Å². The van der Waals surface area contributed by atoms with Gasteiger partial charge in [0.2, 0.25) is 0 Å². The molecule has 2 rings (SSSR count). The maximum absolute atomic E-state index is 5.79. The van der Waals surface area contributed by atoms with Gasteiger partial charge in [0.15, 0.2) is 0 Å². The first-order valence-corrected chi connectivity index (χ1v) is 4.77. The SMILES string of the molecule is COc1ccc(-c2[nH]ncc2N)c(OC)c1. The number of hydrogen-bond donors (Lipinski definition) is 2. The zero-order valence-electron chi connectivity index (χ0n) is 9.15. The van der Waals surface area contributed by atoms with E-state index in [2.05, 4.69) is 10.2 Å². The van der Waals surface area contributed by atoms with E-state index in [1.165, 1.54) is 0 Å². The number of nitrogens with zero attached hydrogens (tertiary/aromatic N) is 1. The monoisotopic (exact) mass is 219 g/mol. The van der Waals surface area contributed by atoms with Gasteiger partial charge in [0, 0.05) is 11.6 Å². The molecule has 3 N–H and O–H groups in total. The van der Waals surface area contributed by atoms with Crippen LogP contribution in [0, 0.1) is 0 Å². The molecule has 1 heterocycles. The highest BCUT2D eigenvalue weighted by Gasteiger charge is 2.11. The van der Waals surface area contributed by atoms with Crippen LogP contribution in [0.15, 0.2) is 24.4 Å². The van der Waals surface area contributed by atoms with Crippen LogP contribution < -0.4 is 15.2 Å². The van der Waals surface area contributed by atoms with E-state index in [4.69, 9.17) is 15.2 Å². The summed E-state index contributed by atoms with van der Waals surface area (Å²) in [5.74, 6) is 1.42. The average molecular weight is 219 g/mol. The van der Waals surface area contributed by atoms with Gasteiger partial charge in [0.05, 0.1) is 31.8 Å². The zero-order valence-corrected chi connectivity index (χ0v) is 9.15. The normalized spacial score (nSPS) is 10.1. The number of ether oxygens (including phenoxy) is 2. The highest BCUT2D eigenvalue weighted by atomic mass is 16.5. The molecule has 0 saturated carbocycles. The van der Waals surface area contributed by atoms with Crippen LogP contribution >= 0.6 is 0 Å². The van der Waals surface area contributed by atoms with Gasteiger partial charge in [-0.1, -0.05) is 0 Å². The Labute approximate surface area is 93.2 Å². The second-order valence-electron chi connectivity index (χ2n) is 3.27. The highest BCUT2D eigenvalue weighted by molar-refractivity contribution is 5.77. The van der Waals surface area contributed by atoms with E-state index in [9.17, 15) is 0 Å². The van der Waals surface area contributed by atoms with E-state index >= 15 is 0 Å². The maximum Gasteiger partial charge on any atom is 0.132 e. The van der Waals surface area contributed by atoms with Crippen molar-refractivity contribution in [3.05, 3.63) is 24.4 Å². The molecule has 16 heavy (non-hydrogen) atoms. The number of aromatic amines is 1. The summed E-state index contributed by atoms with van der Waals surface area (Å²) in [7, 11) is 3.21. The lowest BCUT2D eigenvalue weighted by molar-refractivity contribution is 0.395. The molecule has 0 aliphatic carbocycles. The van der Waals surface area contributed by atoms with E-state index in [1.807, 2.05) is 12.1 Å². The molecule has 0 spiro atoms. The Morgan fingerprint density at radius 2 is 2.06 bits per heavy atom. The number of rotatable bonds is 3. The topological polar surface area (TPSA) is 73.2 Å². The minimum Gasteiger partial charge on any atom is -0.497 e. The van der Waals surface area contributed by atoms with Crippen molar-refractivity contribution in [1.82, 2.24) is 10.2 Å². The number of hydrogen-bond acceptors (Lipinski definition) is 4. The molecule has 0 bridgehead atoms. The third-order valence-corrected chi connectivity index (χ3v) is 2.35. The van der Waals surface area contributed by atoms with Crippen LogP contribution in [0.5, 0.6) is 11.5 Å². The molecule has 0 aliphatic rings. The first-order valence-electron chi connectivity index (χ1n) is 4.77. The summed E-state index contributed by atoms with van der Waals surface area (Å²) in [6, 6.07) is 5.52. The number of methoxy groups -OCH3 is 2. The van der Waals surface area contributed by atoms with Crippen molar-refractivity contribution in [1.29, 1.82) is 0 Å². The van der Waals surface area contributed by atoms with Gasteiger partial charge in [-0.3, -0.25) is 5.10 Å². The van der Waals surface area contributed by atoms with Crippen LogP contribution in [0.1, 0.15) is 0 Å². The Morgan fingerprint density at radius 3 is 2.62 bits per heavy atom. The Kier molecular flexibility index (Phi) is 2.68. The van der Waals surface area contributed by atoms with Gasteiger partial charge in [-0.25, -0.2) is 0 Å². The minimum atomic E-state index is 0.587. The fraction of sp³-hybridized carbons (Fsp3) is 0.182. The lowest BCUT2D eigenvalue weighted by atomic mass is 10.1. The Bertz CT molecular complexity index is 494. The summed E-state index contributed by atoms with van der Waals surface area (Å²) in [6.07, 6.45) is 1.57. The van der Waals surface area contributed by atoms with Gasteiger partial charge >= 0.3 is 0 Å². The number of aromatic nitrogens is 2. The van der Waals surface area contributed by atoms with Crippen LogP contribution in [0.2, 0.25) is 0 Å². The quantitative estimate of drug-likeness (QED) is 0.823. The van der Waals surface area contributed by atoms with Crippen LogP contribution in [-0.2, 0) is 0 Å². The first-order chi connectivity index (χ1) is 7.76. The number of anilines is 1. The molecule has 0 radical (unpaired) electrons. The first kappa shape index (κ1) is 10.4. The lowest BCUT2D eigenvalue weighted by Gasteiger charge is -2.09. The van der Waals surface area contributed by atoms with Crippen molar-refractivity contribution < 1.29 is 9.47 Å². The molecule has 1 aromatic heterocycles. The fourth-order valence-corrected chi connectivity index (χ4v) is 1.52. The summed E-state index contributed by atoms with van der Waals surface area (Å²) >= 11 is 0.